The fourth-order valence-corrected chi connectivity index (χ4v) is 3.01. The van der Waals surface area contributed by atoms with Crippen molar-refractivity contribution in [3.8, 4) is 0 Å². The highest BCUT2D eigenvalue weighted by Gasteiger charge is 2.32. The van der Waals surface area contributed by atoms with Crippen molar-refractivity contribution in [2.45, 2.75) is 45.2 Å². The number of hydrogen-bond donors (Lipinski definition) is 1. The second-order valence-corrected chi connectivity index (χ2v) is 5.66. The first-order valence-electron chi connectivity index (χ1n) is 6.62. The van der Waals surface area contributed by atoms with Crippen LogP contribution in [0.25, 0.3) is 0 Å². The molecular formula is C13H19N3O2S. The molecule has 1 aromatic rings. The average Bonchev–Trinajstić information content (AvgIpc) is 2.87. The Labute approximate surface area is 117 Å². The maximum Gasteiger partial charge on any atom is 0.245 e. The predicted molar refractivity (Wildman–Crippen MR) is 73.7 cm³/mol. The summed E-state index contributed by atoms with van der Waals surface area (Å²) in [7, 11) is 0. The summed E-state index contributed by atoms with van der Waals surface area (Å²) >= 11 is 1.54. The lowest BCUT2D eigenvalue weighted by molar-refractivity contribution is -0.135. The number of nitrogens with one attached hydrogen (secondary N) is 1. The molecule has 1 aliphatic heterocycles. The Morgan fingerprint density at radius 1 is 1.58 bits per heavy atom. The number of hydrogen-bond acceptors (Lipinski definition) is 4. The number of rotatable bonds is 4. The summed E-state index contributed by atoms with van der Waals surface area (Å²) in [5, 5.41) is 5.63. The van der Waals surface area contributed by atoms with Gasteiger partial charge in [0, 0.05) is 24.5 Å². The second-order valence-electron chi connectivity index (χ2n) is 4.74. The standard InChI is InChI=1S/C13H19N3O2S/c1-3-4-10-13(18)16(7-5-11(17)15-10)9(2)12-14-6-8-19-12/h6,8-10H,3-5,7H2,1-2H3,(H,15,17). The van der Waals surface area contributed by atoms with Crippen molar-refractivity contribution in [2.75, 3.05) is 6.54 Å². The van der Waals surface area contributed by atoms with Crippen molar-refractivity contribution in [3.63, 3.8) is 0 Å². The average molecular weight is 281 g/mol. The van der Waals surface area contributed by atoms with Gasteiger partial charge in [0.1, 0.15) is 11.0 Å². The molecule has 1 aliphatic rings. The third-order valence-electron chi connectivity index (χ3n) is 3.35. The van der Waals surface area contributed by atoms with Gasteiger partial charge >= 0.3 is 0 Å². The van der Waals surface area contributed by atoms with Crippen LogP contribution >= 0.6 is 11.3 Å². The van der Waals surface area contributed by atoms with Crippen LogP contribution in [0.4, 0.5) is 0 Å². The summed E-state index contributed by atoms with van der Waals surface area (Å²) < 4.78 is 0. The van der Waals surface area contributed by atoms with Crippen LogP contribution in [0.1, 0.15) is 44.2 Å². The van der Waals surface area contributed by atoms with E-state index in [0.29, 0.717) is 19.4 Å². The molecule has 0 aromatic carbocycles. The molecule has 0 radical (unpaired) electrons. The lowest BCUT2D eigenvalue weighted by atomic mass is 10.1. The Bertz CT molecular complexity index is 447. The second kappa shape index (κ2) is 6.14. The van der Waals surface area contributed by atoms with Gasteiger partial charge in [-0.15, -0.1) is 11.3 Å². The monoisotopic (exact) mass is 281 g/mol. The fraction of sp³-hybridized carbons (Fsp3) is 0.615. The zero-order chi connectivity index (χ0) is 13.8. The van der Waals surface area contributed by atoms with E-state index < -0.39 is 0 Å². The van der Waals surface area contributed by atoms with Gasteiger partial charge < -0.3 is 10.2 Å². The molecule has 5 nitrogen and oxygen atoms in total. The van der Waals surface area contributed by atoms with E-state index in [-0.39, 0.29) is 23.9 Å². The topological polar surface area (TPSA) is 62.3 Å². The molecule has 0 aliphatic carbocycles. The molecule has 2 heterocycles. The van der Waals surface area contributed by atoms with Crippen molar-refractivity contribution >= 4 is 23.2 Å². The molecule has 19 heavy (non-hydrogen) atoms. The summed E-state index contributed by atoms with van der Waals surface area (Å²) in [6.45, 7) is 4.44. The largest absolute Gasteiger partial charge is 0.344 e. The van der Waals surface area contributed by atoms with Crippen molar-refractivity contribution < 1.29 is 9.59 Å². The Morgan fingerprint density at radius 2 is 2.37 bits per heavy atom. The Kier molecular flexibility index (Phi) is 4.52. The van der Waals surface area contributed by atoms with Crippen molar-refractivity contribution in [3.05, 3.63) is 16.6 Å². The van der Waals surface area contributed by atoms with Gasteiger partial charge in [-0.2, -0.15) is 0 Å². The molecule has 2 amide bonds. The fourth-order valence-electron chi connectivity index (χ4n) is 2.30. The quantitative estimate of drug-likeness (QED) is 0.914. The molecule has 6 heteroatoms. The molecule has 2 rings (SSSR count). The van der Waals surface area contributed by atoms with Gasteiger partial charge in [-0.25, -0.2) is 4.98 Å². The van der Waals surface area contributed by atoms with Crippen LogP contribution in [0.15, 0.2) is 11.6 Å². The van der Waals surface area contributed by atoms with Gasteiger partial charge in [0.05, 0.1) is 6.04 Å². The maximum absolute atomic E-state index is 12.5. The van der Waals surface area contributed by atoms with Gasteiger partial charge in [0.15, 0.2) is 0 Å². The van der Waals surface area contributed by atoms with Crippen molar-refractivity contribution in [2.24, 2.45) is 0 Å². The molecule has 0 spiro atoms. The highest BCUT2D eigenvalue weighted by atomic mass is 32.1. The molecule has 1 saturated heterocycles. The van der Waals surface area contributed by atoms with Gasteiger partial charge in [-0.05, 0) is 13.3 Å². The molecular weight excluding hydrogens is 262 g/mol. The zero-order valence-corrected chi connectivity index (χ0v) is 12.1. The minimum Gasteiger partial charge on any atom is -0.344 e. The molecule has 0 saturated carbocycles. The van der Waals surface area contributed by atoms with E-state index in [1.807, 2.05) is 19.2 Å². The Morgan fingerprint density at radius 3 is 3.00 bits per heavy atom. The van der Waals surface area contributed by atoms with E-state index in [1.165, 1.54) is 11.3 Å². The molecule has 2 unspecified atom stereocenters. The molecule has 1 aromatic heterocycles. The van der Waals surface area contributed by atoms with Crippen molar-refractivity contribution in [1.29, 1.82) is 0 Å². The van der Waals surface area contributed by atoms with E-state index >= 15 is 0 Å². The lowest BCUT2D eigenvalue weighted by Gasteiger charge is -2.28. The summed E-state index contributed by atoms with van der Waals surface area (Å²) in [6.07, 6.45) is 3.66. The molecule has 104 valence electrons. The van der Waals surface area contributed by atoms with Crippen LogP contribution in [-0.2, 0) is 9.59 Å². The van der Waals surface area contributed by atoms with Crippen LogP contribution in [0, 0.1) is 0 Å². The molecule has 1 fully saturated rings. The smallest absolute Gasteiger partial charge is 0.245 e. The van der Waals surface area contributed by atoms with E-state index in [2.05, 4.69) is 10.3 Å². The minimum absolute atomic E-state index is 0.00963. The van der Waals surface area contributed by atoms with Crippen molar-refractivity contribution in [1.82, 2.24) is 15.2 Å². The number of thiazole rings is 1. The summed E-state index contributed by atoms with van der Waals surface area (Å²) in [5.74, 6) is -0.0314. The lowest BCUT2D eigenvalue weighted by Crippen LogP contribution is -2.45. The first kappa shape index (κ1) is 14.0. The minimum atomic E-state index is -0.387. The van der Waals surface area contributed by atoms with Crippen LogP contribution in [-0.4, -0.2) is 34.3 Å². The van der Waals surface area contributed by atoms with Crippen LogP contribution in [0.3, 0.4) is 0 Å². The third kappa shape index (κ3) is 3.12. The third-order valence-corrected chi connectivity index (χ3v) is 4.30. The van der Waals surface area contributed by atoms with Gasteiger partial charge in [-0.1, -0.05) is 13.3 Å². The highest BCUT2D eigenvalue weighted by Crippen LogP contribution is 2.24. The number of carbonyl (C=O) groups excluding carboxylic acids is 2. The highest BCUT2D eigenvalue weighted by molar-refractivity contribution is 7.09. The predicted octanol–water partition coefficient (Wildman–Crippen LogP) is 1.72. The number of nitrogens with zero attached hydrogens (tertiary/aromatic N) is 2. The van der Waals surface area contributed by atoms with E-state index in [9.17, 15) is 9.59 Å². The summed E-state index contributed by atoms with van der Waals surface area (Å²) in [6, 6.07) is -0.457. The van der Waals surface area contributed by atoms with E-state index in [0.717, 1.165) is 11.4 Å². The first-order chi connectivity index (χ1) is 9.13. The first-order valence-corrected chi connectivity index (χ1v) is 7.50. The molecule has 0 bridgehead atoms. The van der Waals surface area contributed by atoms with Gasteiger partial charge in [0.2, 0.25) is 11.8 Å². The van der Waals surface area contributed by atoms with Crippen LogP contribution in [0.5, 0.6) is 0 Å². The number of amides is 2. The van der Waals surface area contributed by atoms with Gasteiger partial charge in [0.25, 0.3) is 0 Å². The molecule has 1 N–H and O–H groups in total. The maximum atomic E-state index is 12.5. The van der Waals surface area contributed by atoms with Gasteiger partial charge in [-0.3, -0.25) is 9.59 Å². The Hall–Kier alpha value is -1.43. The van der Waals surface area contributed by atoms with E-state index in [4.69, 9.17) is 0 Å². The zero-order valence-electron chi connectivity index (χ0n) is 11.3. The molecule has 2 atom stereocenters. The normalized spacial score (nSPS) is 22.0. The number of aromatic nitrogens is 1. The SMILES string of the molecule is CCCC1NC(=O)CCN(C(C)c2nccs2)C1=O. The van der Waals surface area contributed by atoms with Crippen LogP contribution < -0.4 is 5.32 Å². The summed E-state index contributed by atoms with van der Waals surface area (Å²) in [5.41, 5.74) is 0. The Balaban J connectivity index is 2.18. The summed E-state index contributed by atoms with van der Waals surface area (Å²) in [4.78, 5) is 30.2. The number of carbonyl (C=O) groups is 2. The van der Waals surface area contributed by atoms with Crippen LogP contribution in [0.2, 0.25) is 0 Å². The van der Waals surface area contributed by atoms with E-state index in [1.54, 1.807) is 11.1 Å².